The highest BCUT2D eigenvalue weighted by Gasteiger charge is 2.30. The Kier molecular flexibility index (Phi) is 6.86. The Hall–Kier alpha value is -2.68. The molecule has 25 heavy (non-hydrogen) atoms. The fourth-order valence-electron chi connectivity index (χ4n) is 1.51. The van der Waals surface area contributed by atoms with Gasteiger partial charge in [0, 0.05) is 19.7 Å². The summed E-state index contributed by atoms with van der Waals surface area (Å²) in [6.07, 6.45) is -3.69. The number of hydrogen-bond acceptors (Lipinski definition) is 4. The molecule has 0 atom stereocenters. The highest BCUT2D eigenvalue weighted by Crippen LogP contribution is 2.30. The van der Waals surface area contributed by atoms with Gasteiger partial charge in [-0.25, -0.2) is 14.8 Å². The SMILES string of the molecule is CN(C)C=O.O=C(O)c1cc(-c2ccc(C(F)(F)F)cc2)nc(Cl)n1. The van der Waals surface area contributed by atoms with Crippen LogP contribution in [0.15, 0.2) is 30.3 Å². The largest absolute Gasteiger partial charge is 0.477 e. The highest BCUT2D eigenvalue weighted by atomic mass is 35.5. The summed E-state index contributed by atoms with van der Waals surface area (Å²) >= 11 is 5.58. The van der Waals surface area contributed by atoms with Crippen molar-refractivity contribution in [1.82, 2.24) is 14.9 Å². The van der Waals surface area contributed by atoms with Crippen LogP contribution in [0.2, 0.25) is 5.28 Å². The van der Waals surface area contributed by atoms with Gasteiger partial charge in [-0.2, -0.15) is 13.2 Å². The van der Waals surface area contributed by atoms with Gasteiger partial charge in [0.1, 0.15) is 0 Å². The van der Waals surface area contributed by atoms with Gasteiger partial charge in [0.05, 0.1) is 11.3 Å². The first-order valence-corrected chi connectivity index (χ1v) is 6.99. The first-order valence-electron chi connectivity index (χ1n) is 6.62. The second-order valence-electron chi connectivity index (χ2n) is 4.86. The third kappa shape index (κ3) is 6.38. The van der Waals surface area contributed by atoms with Crippen molar-refractivity contribution in [1.29, 1.82) is 0 Å². The van der Waals surface area contributed by atoms with E-state index in [-0.39, 0.29) is 16.7 Å². The van der Waals surface area contributed by atoms with Crippen LogP contribution in [-0.2, 0) is 11.0 Å². The molecule has 10 heteroatoms. The summed E-state index contributed by atoms with van der Waals surface area (Å²) < 4.78 is 37.3. The van der Waals surface area contributed by atoms with Crippen LogP contribution in [0.5, 0.6) is 0 Å². The molecule has 1 aromatic heterocycles. The summed E-state index contributed by atoms with van der Waals surface area (Å²) in [5.74, 6) is -1.30. The number of aromatic nitrogens is 2. The van der Waals surface area contributed by atoms with E-state index in [1.165, 1.54) is 17.0 Å². The molecule has 0 bridgehead atoms. The van der Waals surface area contributed by atoms with E-state index in [4.69, 9.17) is 16.7 Å². The molecule has 1 amide bonds. The maximum atomic E-state index is 12.4. The number of alkyl halides is 3. The van der Waals surface area contributed by atoms with Crippen molar-refractivity contribution < 1.29 is 27.9 Å². The van der Waals surface area contributed by atoms with Crippen LogP contribution in [-0.4, -0.2) is 46.4 Å². The zero-order chi connectivity index (χ0) is 19.2. The number of nitrogens with zero attached hydrogens (tertiary/aromatic N) is 3. The topological polar surface area (TPSA) is 83.4 Å². The van der Waals surface area contributed by atoms with Crippen LogP contribution in [0.3, 0.4) is 0 Å². The van der Waals surface area contributed by atoms with Gasteiger partial charge in [0.25, 0.3) is 0 Å². The van der Waals surface area contributed by atoms with E-state index in [1.54, 1.807) is 14.1 Å². The number of aromatic carboxylic acids is 1. The molecule has 1 N–H and O–H groups in total. The number of carboxylic acid groups (broad SMARTS) is 1. The van der Waals surface area contributed by atoms with Crippen LogP contribution < -0.4 is 0 Å². The summed E-state index contributed by atoms with van der Waals surface area (Å²) in [5, 5.41) is 8.54. The number of benzene rings is 1. The predicted octanol–water partition coefficient (Wildman–Crippen LogP) is 3.22. The van der Waals surface area contributed by atoms with Crippen molar-refractivity contribution in [3.05, 3.63) is 46.9 Å². The Bertz CT molecular complexity index is 750. The van der Waals surface area contributed by atoms with E-state index in [0.717, 1.165) is 24.6 Å². The van der Waals surface area contributed by atoms with E-state index >= 15 is 0 Å². The molecule has 0 radical (unpaired) electrons. The number of halogens is 4. The van der Waals surface area contributed by atoms with Gasteiger partial charge in [-0.15, -0.1) is 0 Å². The second kappa shape index (κ2) is 8.43. The smallest absolute Gasteiger partial charge is 0.416 e. The van der Waals surface area contributed by atoms with Crippen molar-refractivity contribution in [2.24, 2.45) is 0 Å². The second-order valence-corrected chi connectivity index (χ2v) is 5.19. The summed E-state index contributed by atoms with van der Waals surface area (Å²) in [4.78, 5) is 29.0. The molecule has 2 aromatic rings. The summed E-state index contributed by atoms with van der Waals surface area (Å²) in [7, 11) is 3.38. The zero-order valence-corrected chi connectivity index (χ0v) is 13.8. The van der Waals surface area contributed by atoms with Gasteiger partial charge in [-0.05, 0) is 29.8 Å². The minimum atomic E-state index is -4.44. The molecule has 2 rings (SSSR count). The lowest BCUT2D eigenvalue weighted by atomic mass is 10.1. The third-order valence-electron chi connectivity index (χ3n) is 2.64. The lowest BCUT2D eigenvalue weighted by molar-refractivity contribution is -0.137. The number of carbonyl (C=O) groups excluding carboxylic acids is 1. The first kappa shape index (κ1) is 20.4. The Labute approximate surface area is 145 Å². The molecule has 1 heterocycles. The van der Waals surface area contributed by atoms with Gasteiger partial charge in [0.15, 0.2) is 5.69 Å². The molecule has 0 spiro atoms. The molecule has 0 aliphatic rings. The maximum Gasteiger partial charge on any atom is 0.416 e. The molecule has 0 saturated carbocycles. The Morgan fingerprint density at radius 2 is 1.72 bits per heavy atom. The lowest BCUT2D eigenvalue weighted by Gasteiger charge is -2.07. The molecule has 134 valence electrons. The predicted molar refractivity (Wildman–Crippen MR) is 84.2 cm³/mol. The first-order chi connectivity index (χ1) is 11.5. The van der Waals surface area contributed by atoms with Gasteiger partial charge < -0.3 is 10.0 Å². The molecular weight excluding hydrogens is 363 g/mol. The fourth-order valence-corrected chi connectivity index (χ4v) is 1.69. The lowest BCUT2D eigenvalue weighted by Crippen LogP contribution is -2.06. The number of amides is 1. The van der Waals surface area contributed by atoms with Gasteiger partial charge in [-0.3, -0.25) is 4.79 Å². The van der Waals surface area contributed by atoms with Crippen molar-refractivity contribution in [3.63, 3.8) is 0 Å². The minimum absolute atomic E-state index is 0.135. The maximum absolute atomic E-state index is 12.4. The van der Waals surface area contributed by atoms with E-state index < -0.39 is 17.7 Å². The summed E-state index contributed by atoms with van der Waals surface area (Å²) in [6, 6.07) is 5.27. The van der Waals surface area contributed by atoms with Crippen LogP contribution in [0.25, 0.3) is 11.3 Å². The van der Waals surface area contributed by atoms with E-state index in [1.807, 2.05) is 0 Å². The molecule has 1 aromatic carbocycles. The molecule has 0 saturated heterocycles. The van der Waals surface area contributed by atoms with Crippen molar-refractivity contribution in [3.8, 4) is 11.3 Å². The average Bonchev–Trinajstić information content (AvgIpc) is 2.54. The van der Waals surface area contributed by atoms with Gasteiger partial charge in [-0.1, -0.05) is 12.1 Å². The summed E-state index contributed by atoms with van der Waals surface area (Å²) in [5.41, 5.74) is -0.694. The zero-order valence-electron chi connectivity index (χ0n) is 13.1. The van der Waals surface area contributed by atoms with Crippen LogP contribution in [0.1, 0.15) is 16.1 Å². The molecule has 0 unspecified atom stereocenters. The van der Waals surface area contributed by atoms with E-state index in [9.17, 15) is 22.8 Å². The standard InChI is InChI=1S/C12H6ClF3N2O2.C3H7NO/c13-11-17-8(5-9(18-11)10(19)20)6-1-3-7(4-2-6)12(14,15)16;1-4(2)3-5/h1-5H,(H,19,20);3H,1-2H3. The van der Waals surface area contributed by atoms with Gasteiger partial charge in [0.2, 0.25) is 11.7 Å². The third-order valence-corrected chi connectivity index (χ3v) is 2.81. The van der Waals surface area contributed by atoms with Gasteiger partial charge >= 0.3 is 12.1 Å². The minimum Gasteiger partial charge on any atom is -0.477 e. The van der Waals surface area contributed by atoms with Crippen molar-refractivity contribution in [2.45, 2.75) is 6.18 Å². The molecular formula is C15H13ClF3N3O3. The highest BCUT2D eigenvalue weighted by molar-refractivity contribution is 6.28. The van der Waals surface area contributed by atoms with E-state index in [2.05, 4.69) is 9.97 Å². The van der Waals surface area contributed by atoms with Crippen LogP contribution >= 0.6 is 11.6 Å². The Balaban J connectivity index is 0.000000550. The normalized spacial score (nSPS) is 10.5. The van der Waals surface area contributed by atoms with Crippen LogP contribution in [0.4, 0.5) is 13.2 Å². The molecule has 0 fully saturated rings. The number of hydrogen-bond donors (Lipinski definition) is 1. The molecule has 0 aliphatic carbocycles. The average molecular weight is 376 g/mol. The van der Waals surface area contributed by atoms with E-state index in [0.29, 0.717) is 5.56 Å². The number of rotatable bonds is 3. The molecule has 0 aliphatic heterocycles. The number of carbonyl (C=O) groups is 2. The quantitative estimate of drug-likeness (QED) is 0.658. The van der Waals surface area contributed by atoms with Crippen molar-refractivity contribution in [2.75, 3.05) is 14.1 Å². The van der Waals surface area contributed by atoms with Crippen molar-refractivity contribution >= 4 is 24.0 Å². The van der Waals surface area contributed by atoms with Crippen LogP contribution in [0, 0.1) is 0 Å². The Morgan fingerprint density at radius 1 is 1.20 bits per heavy atom. The monoisotopic (exact) mass is 375 g/mol. The number of carboxylic acids is 1. The fraction of sp³-hybridized carbons (Fsp3) is 0.200. The summed E-state index contributed by atoms with van der Waals surface area (Å²) in [6.45, 7) is 0. The molecule has 6 nitrogen and oxygen atoms in total. The Morgan fingerprint density at radius 3 is 2.12 bits per heavy atom.